The van der Waals surface area contributed by atoms with E-state index in [-0.39, 0.29) is 16.5 Å². The lowest BCUT2D eigenvalue weighted by molar-refractivity contribution is -0.0498. The minimum atomic E-state index is -3.76. The fourth-order valence-corrected chi connectivity index (χ4v) is 2.27. The maximum absolute atomic E-state index is 11.9. The van der Waals surface area contributed by atoms with Gasteiger partial charge >= 0.3 is 6.61 Å². The summed E-state index contributed by atoms with van der Waals surface area (Å²) in [4.78, 5) is 6.05. The first-order valence-corrected chi connectivity index (χ1v) is 6.52. The molecule has 9 heteroatoms. The Hall–Kier alpha value is -2.16. The molecule has 0 amide bonds. The number of anilines is 1. The van der Waals surface area contributed by atoms with E-state index in [4.69, 9.17) is 0 Å². The molecule has 0 radical (unpaired) electrons. The van der Waals surface area contributed by atoms with Gasteiger partial charge in [-0.1, -0.05) is 0 Å². The zero-order valence-corrected chi connectivity index (χ0v) is 10.2. The van der Waals surface area contributed by atoms with Crippen molar-refractivity contribution < 1.29 is 21.9 Å². The Labute approximate surface area is 107 Å². The number of nitrogens with one attached hydrogen (secondary N) is 2. The van der Waals surface area contributed by atoms with Crippen molar-refractivity contribution >= 4 is 15.7 Å². The van der Waals surface area contributed by atoms with Gasteiger partial charge < -0.3 is 9.72 Å². The number of nitrogens with zero attached hydrogens (tertiary/aromatic N) is 1. The number of benzene rings is 1. The Morgan fingerprint density at radius 3 is 2.47 bits per heavy atom. The van der Waals surface area contributed by atoms with E-state index in [0.29, 0.717) is 0 Å². The van der Waals surface area contributed by atoms with Gasteiger partial charge in [0.25, 0.3) is 10.0 Å². The van der Waals surface area contributed by atoms with Crippen molar-refractivity contribution in [2.45, 2.75) is 11.6 Å². The van der Waals surface area contributed by atoms with Gasteiger partial charge in [-0.05, 0) is 24.3 Å². The van der Waals surface area contributed by atoms with Crippen LogP contribution >= 0.6 is 0 Å². The van der Waals surface area contributed by atoms with Crippen LogP contribution in [0.5, 0.6) is 5.75 Å². The van der Waals surface area contributed by atoms with Crippen LogP contribution in [0.1, 0.15) is 0 Å². The van der Waals surface area contributed by atoms with Crippen LogP contribution < -0.4 is 9.46 Å². The Bertz CT molecular complexity index is 627. The predicted octanol–water partition coefficient (Wildman–Crippen LogP) is 1.81. The second kappa shape index (κ2) is 5.22. The molecule has 0 fully saturated rings. The summed E-state index contributed by atoms with van der Waals surface area (Å²) in [6.45, 7) is -2.92. The largest absolute Gasteiger partial charge is 0.435 e. The third-order valence-electron chi connectivity index (χ3n) is 2.09. The highest BCUT2D eigenvalue weighted by molar-refractivity contribution is 7.92. The van der Waals surface area contributed by atoms with E-state index in [2.05, 4.69) is 19.4 Å². The average molecular weight is 289 g/mol. The van der Waals surface area contributed by atoms with Gasteiger partial charge in [0, 0.05) is 5.69 Å². The van der Waals surface area contributed by atoms with Crippen LogP contribution in [0.3, 0.4) is 0 Å². The van der Waals surface area contributed by atoms with Gasteiger partial charge in [0.2, 0.25) is 0 Å². The smallest absolute Gasteiger partial charge is 0.387 e. The molecule has 1 heterocycles. The number of aromatic nitrogens is 2. The van der Waals surface area contributed by atoms with E-state index < -0.39 is 16.6 Å². The number of alkyl halides is 2. The quantitative estimate of drug-likeness (QED) is 0.879. The SMILES string of the molecule is O=S(=O)(Nc1ccc(OC(F)F)cc1)c1cnc[nH]1. The molecule has 19 heavy (non-hydrogen) atoms. The maximum atomic E-state index is 11.9. The van der Waals surface area contributed by atoms with E-state index in [9.17, 15) is 17.2 Å². The number of sulfonamides is 1. The Morgan fingerprint density at radius 2 is 1.95 bits per heavy atom. The molecular formula is C10H9F2N3O3S. The minimum Gasteiger partial charge on any atom is -0.435 e. The zero-order valence-electron chi connectivity index (χ0n) is 9.38. The van der Waals surface area contributed by atoms with E-state index in [1.165, 1.54) is 30.6 Å². The standard InChI is InChI=1S/C10H9F2N3O3S/c11-10(12)18-8-3-1-7(2-4-8)15-19(16,17)9-5-13-6-14-9/h1-6,10,15H,(H,13,14). The Kier molecular flexibility index (Phi) is 3.65. The van der Waals surface area contributed by atoms with Crippen molar-refractivity contribution in [3.63, 3.8) is 0 Å². The first kappa shape index (κ1) is 13.3. The van der Waals surface area contributed by atoms with Crippen molar-refractivity contribution in [2.24, 2.45) is 0 Å². The van der Waals surface area contributed by atoms with Crippen LogP contribution in [0.2, 0.25) is 0 Å². The molecule has 0 aliphatic carbocycles. The van der Waals surface area contributed by atoms with Crippen LogP contribution in [0.25, 0.3) is 0 Å². The van der Waals surface area contributed by atoms with Crippen LogP contribution in [0, 0.1) is 0 Å². The number of imidazole rings is 1. The molecule has 2 rings (SSSR count). The van der Waals surface area contributed by atoms with Crippen LogP contribution in [0.15, 0.2) is 41.8 Å². The first-order chi connectivity index (χ1) is 8.97. The predicted molar refractivity (Wildman–Crippen MR) is 62.5 cm³/mol. The van der Waals surface area contributed by atoms with Gasteiger partial charge in [-0.3, -0.25) is 4.72 Å². The molecule has 0 aliphatic rings. The highest BCUT2D eigenvalue weighted by atomic mass is 32.2. The van der Waals surface area contributed by atoms with Gasteiger partial charge in [-0.2, -0.15) is 17.2 Å². The zero-order chi connectivity index (χ0) is 13.9. The molecule has 0 spiro atoms. The topological polar surface area (TPSA) is 84.1 Å². The summed E-state index contributed by atoms with van der Waals surface area (Å²) in [6.07, 6.45) is 2.38. The van der Waals surface area contributed by atoms with Gasteiger partial charge in [0.15, 0.2) is 5.03 Å². The van der Waals surface area contributed by atoms with Gasteiger partial charge in [-0.15, -0.1) is 0 Å². The molecule has 0 bridgehead atoms. The van der Waals surface area contributed by atoms with Crippen molar-refractivity contribution in [1.82, 2.24) is 9.97 Å². The Morgan fingerprint density at radius 1 is 1.26 bits per heavy atom. The second-order valence-corrected chi connectivity index (χ2v) is 5.08. The average Bonchev–Trinajstić information content (AvgIpc) is 2.85. The third kappa shape index (κ3) is 3.41. The van der Waals surface area contributed by atoms with Crippen molar-refractivity contribution in [3.8, 4) is 5.75 Å². The fourth-order valence-electron chi connectivity index (χ4n) is 1.30. The number of H-pyrrole nitrogens is 1. The number of ether oxygens (including phenoxy) is 1. The lowest BCUT2D eigenvalue weighted by Gasteiger charge is -2.08. The summed E-state index contributed by atoms with van der Waals surface area (Å²) in [5.74, 6) is -0.0560. The molecule has 102 valence electrons. The molecule has 2 N–H and O–H groups in total. The maximum Gasteiger partial charge on any atom is 0.387 e. The molecule has 0 aliphatic heterocycles. The van der Waals surface area contributed by atoms with Gasteiger partial charge in [0.05, 0.1) is 12.5 Å². The molecule has 0 saturated carbocycles. The lowest BCUT2D eigenvalue weighted by Crippen LogP contribution is -2.13. The number of hydrogen-bond donors (Lipinski definition) is 2. The van der Waals surface area contributed by atoms with Gasteiger partial charge in [0.1, 0.15) is 5.75 Å². The van der Waals surface area contributed by atoms with Crippen molar-refractivity contribution in [3.05, 3.63) is 36.8 Å². The number of hydrogen-bond acceptors (Lipinski definition) is 4. The highest BCUT2D eigenvalue weighted by Crippen LogP contribution is 2.19. The van der Waals surface area contributed by atoms with E-state index >= 15 is 0 Å². The molecule has 1 aromatic carbocycles. The molecule has 0 atom stereocenters. The molecule has 6 nitrogen and oxygen atoms in total. The van der Waals surface area contributed by atoms with Crippen LogP contribution in [0.4, 0.5) is 14.5 Å². The number of rotatable bonds is 5. The summed E-state index contributed by atoms with van der Waals surface area (Å²) in [6, 6.07) is 5.09. The van der Waals surface area contributed by atoms with Crippen LogP contribution in [-0.4, -0.2) is 25.0 Å². The van der Waals surface area contributed by atoms with Crippen LogP contribution in [-0.2, 0) is 10.0 Å². The molecular weight excluding hydrogens is 280 g/mol. The summed E-state index contributed by atoms with van der Waals surface area (Å²) in [7, 11) is -3.76. The third-order valence-corrected chi connectivity index (χ3v) is 3.40. The summed E-state index contributed by atoms with van der Waals surface area (Å²) >= 11 is 0. The molecule has 1 aromatic heterocycles. The highest BCUT2D eigenvalue weighted by Gasteiger charge is 2.15. The molecule has 0 unspecified atom stereocenters. The van der Waals surface area contributed by atoms with E-state index in [0.717, 1.165) is 6.20 Å². The van der Waals surface area contributed by atoms with Crippen molar-refractivity contribution in [1.29, 1.82) is 0 Å². The Balaban J connectivity index is 2.12. The van der Waals surface area contributed by atoms with Crippen molar-refractivity contribution in [2.75, 3.05) is 4.72 Å². The summed E-state index contributed by atoms with van der Waals surface area (Å²) < 4.78 is 53.9. The first-order valence-electron chi connectivity index (χ1n) is 5.03. The summed E-state index contributed by atoms with van der Waals surface area (Å²) in [5.41, 5.74) is 0.219. The summed E-state index contributed by atoms with van der Waals surface area (Å²) in [5, 5.41) is -0.0968. The number of aromatic amines is 1. The lowest BCUT2D eigenvalue weighted by atomic mass is 10.3. The molecule has 0 saturated heterocycles. The minimum absolute atomic E-state index is 0.0560. The van der Waals surface area contributed by atoms with E-state index in [1.54, 1.807) is 0 Å². The van der Waals surface area contributed by atoms with E-state index in [1.807, 2.05) is 0 Å². The molecule has 2 aromatic rings. The van der Waals surface area contributed by atoms with Gasteiger partial charge in [-0.25, -0.2) is 4.98 Å². The monoisotopic (exact) mass is 289 g/mol. The normalized spacial score (nSPS) is 11.5. The fraction of sp³-hybridized carbons (Fsp3) is 0.100. The second-order valence-electron chi connectivity index (χ2n) is 3.42. The number of halogens is 2.